The molecule has 1 saturated heterocycles. The highest BCUT2D eigenvalue weighted by Crippen LogP contribution is 2.39. The molecule has 8 heteroatoms. The molecule has 0 radical (unpaired) electrons. The first-order valence-corrected chi connectivity index (χ1v) is 11.5. The first-order chi connectivity index (χ1) is 15.7. The molecule has 1 aliphatic heterocycles. The number of carbonyl (C=O) groups is 1. The van der Waals surface area contributed by atoms with Crippen molar-refractivity contribution < 1.29 is 18.0 Å². The Morgan fingerprint density at radius 1 is 1.00 bits per heavy atom. The van der Waals surface area contributed by atoms with Gasteiger partial charge in [0, 0.05) is 43.1 Å². The Labute approximate surface area is 194 Å². The molecule has 2 aromatic rings. The number of piperidine rings is 1. The predicted octanol–water partition coefficient (Wildman–Crippen LogP) is 5.40. The molecule has 5 nitrogen and oxygen atoms in total. The molecule has 180 valence electrons. The van der Waals surface area contributed by atoms with Crippen molar-refractivity contribution in [2.24, 2.45) is 0 Å². The number of carbonyl (C=O) groups excluding carboxylic acids is 1. The van der Waals surface area contributed by atoms with E-state index in [9.17, 15) is 18.0 Å². The summed E-state index contributed by atoms with van der Waals surface area (Å²) in [4.78, 5) is 15.8. The molecule has 1 amide bonds. The van der Waals surface area contributed by atoms with Gasteiger partial charge in [-0.3, -0.25) is 4.79 Å². The lowest BCUT2D eigenvalue weighted by Gasteiger charge is -2.31. The van der Waals surface area contributed by atoms with Crippen molar-refractivity contribution in [1.82, 2.24) is 10.2 Å². The summed E-state index contributed by atoms with van der Waals surface area (Å²) in [5.74, 6) is 0.00697. The maximum absolute atomic E-state index is 13.8. The average Bonchev–Trinajstić information content (AvgIpc) is 2.78. The molecule has 1 heterocycles. The van der Waals surface area contributed by atoms with Crippen molar-refractivity contribution in [3.8, 4) is 0 Å². The van der Waals surface area contributed by atoms with E-state index in [1.54, 1.807) is 24.3 Å². The number of hydrogen-bond acceptors (Lipinski definition) is 4. The maximum Gasteiger partial charge on any atom is 0.418 e. The molecule has 0 aromatic heterocycles. The van der Waals surface area contributed by atoms with Crippen LogP contribution in [0.5, 0.6) is 0 Å². The number of nitrogens with one attached hydrogen (secondary N) is 2. The zero-order valence-electron chi connectivity index (χ0n) is 19.3. The molecule has 0 saturated carbocycles. The van der Waals surface area contributed by atoms with Crippen molar-refractivity contribution in [1.29, 1.82) is 0 Å². The van der Waals surface area contributed by atoms with Gasteiger partial charge in [-0.2, -0.15) is 13.2 Å². The number of benzene rings is 2. The van der Waals surface area contributed by atoms with E-state index in [0.29, 0.717) is 37.4 Å². The Morgan fingerprint density at radius 3 is 2.30 bits per heavy atom. The second kappa shape index (κ2) is 11.4. The zero-order chi connectivity index (χ0) is 23.8. The van der Waals surface area contributed by atoms with Crippen LogP contribution in [0.3, 0.4) is 0 Å². The molecule has 1 fully saturated rings. The average molecular weight is 463 g/mol. The fourth-order valence-electron chi connectivity index (χ4n) is 3.97. The molecule has 33 heavy (non-hydrogen) atoms. The van der Waals surface area contributed by atoms with E-state index in [2.05, 4.69) is 10.6 Å². The van der Waals surface area contributed by atoms with Crippen LogP contribution in [0.4, 0.5) is 30.2 Å². The molecule has 0 atom stereocenters. The normalized spacial score (nSPS) is 14.4. The Morgan fingerprint density at radius 2 is 1.67 bits per heavy atom. The lowest BCUT2D eigenvalue weighted by Crippen LogP contribution is -2.31. The standard InChI is InChI=1S/C25H33F3N4O/c1-31(2)14-6-7-24(33)29-18-19-8-10-20(11-9-19)30-21-12-13-23(22(17-21)25(26,27)28)32-15-4-3-5-16-32/h8-13,17,30H,3-7,14-16,18H2,1-2H3,(H,29,33). The zero-order valence-corrected chi connectivity index (χ0v) is 19.3. The lowest BCUT2D eigenvalue weighted by atomic mass is 10.1. The lowest BCUT2D eigenvalue weighted by molar-refractivity contribution is -0.137. The molecule has 1 aliphatic rings. The molecule has 2 N–H and O–H groups in total. The van der Waals surface area contributed by atoms with Gasteiger partial charge in [-0.05, 0) is 82.2 Å². The van der Waals surface area contributed by atoms with Crippen LogP contribution in [0.25, 0.3) is 0 Å². The molecular formula is C25H33F3N4O. The van der Waals surface area contributed by atoms with Crippen LogP contribution in [0.1, 0.15) is 43.2 Å². The monoisotopic (exact) mass is 462 g/mol. The molecule has 0 aliphatic carbocycles. The number of halogens is 3. The van der Waals surface area contributed by atoms with Gasteiger partial charge >= 0.3 is 6.18 Å². The highest BCUT2D eigenvalue weighted by atomic mass is 19.4. The summed E-state index contributed by atoms with van der Waals surface area (Å²) in [5, 5.41) is 5.96. The molecule has 0 spiro atoms. The highest BCUT2D eigenvalue weighted by molar-refractivity contribution is 5.75. The van der Waals surface area contributed by atoms with Crippen LogP contribution >= 0.6 is 0 Å². The number of rotatable bonds is 9. The van der Waals surface area contributed by atoms with Gasteiger partial charge in [0.25, 0.3) is 0 Å². The van der Waals surface area contributed by atoms with Gasteiger partial charge in [0.05, 0.1) is 5.56 Å². The Bertz CT molecular complexity index is 907. The van der Waals surface area contributed by atoms with Crippen LogP contribution < -0.4 is 15.5 Å². The van der Waals surface area contributed by atoms with Gasteiger partial charge in [0.1, 0.15) is 0 Å². The van der Waals surface area contributed by atoms with E-state index in [0.717, 1.165) is 37.8 Å². The first kappa shape index (κ1) is 24.9. The molecular weight excluding hydrogens is 429 g/mol. The fourth-order valence-corrected chi connectivity index (χ4v) is 3.97. The van der Waals surface area contributed by atoms with Crippen molar-refractivity contribution in [2.45, 2.75) is 44.8 Å². The summed E-state index contributed by atoms with van der Waals surface area (Å²) >= 11 is 0. The van der Waals surface area contributed by atoms with Gasteiger partial charge in [-0.15, -0.1) is 0 Å². The second-order valence-corrected chi connectivity index (χ2v) is 8.78. The molecule has 0 unspecified atom stereocenters. The summed E-state index contributed by atoms with van der Waals surface area (Å²) in [6.07, 6.45) is -0.238. The third-order valence-corrected chi connectivity index (χ3v) is 5.74. The van der Waals surface area contributed by atoms with Crippen LogP contribution in [-0.4, -0.2) is 44.5 Å². The van der Waals surface area contributed by atoms with Crippen LogP contribution in [0, 0.1) is 0 Å². The van der Waals surface area contributed by atoms with Crippen molar-refractivity contribution in [3.05, 3.63) is 53.6 Å². The summed E-state index contributed by atoms with van der Waals surface area (Å²) in [7, 11) is 3.95. The van der Waals surface area contributed by atoms with Crippen LogP contribution in [0.2, 0.25) is 0 Å². The highest BCUT2D eigenvalue weighted by Gasteiger charge is 2.35. The van der Waals surface area contributed by atoms with E-state index in [-0.39, 0.29) is 11.6 Å². The summed E-state index contributed by atoms with van der Waals surface area (Å²) < 4.78 is 41.3. The third kappa shape index (κ3) is 7.67. The minimum atomic E-state index is -4.42. The minimum Gasteiger partial charge on any atom is -0.371 e. The number of hydrogen-bond donors (Lipinski definition) is 2. The van der Waals surface area contributed by atoms with E-state index < -0.39 is 11.7 Å². The quantitative estimate of drug-likeness (QED) is 0.524. The summed E-state index contributed by atoms with van der Waals surface area (Å²) in [5.41, 5.74) is 1.66. The van der Waals surface area contributed by atoms with Gasteiger partial charge in [-0.1, -0.05) is 12.1 Å². The van der Waals surface area contributed by atoms with Crippen molar-refractivity contribution >= 4 is 23.0 Å². The second-order valence-electron chi connectivity index (χ2n) is 8.78. The van der Waals surface area contributed by atoms with E-state index in [1.807, 2.05) is 36.0 Å². The van der Waals surface area contributed by atoms with Gasteiger partial charge in [-0.25, -0.2) is 0 Å². The van der Waals surface area contributed by atoms with Crippen molar-refractivity contribution in [2.75, 3.05) is 43.9 Å². The smallest absolute Gasteiger partial charge is 0.371 e. The van der Waals surface area contributed by atoms with Gasteiger partial charge in [0.2, 0.25) is 5.91 Å². The minimum absolute atomic E-state index is 0.00697. The Hall–Kier alpha value is -2.74. The molecule has 2 aromatic carbocycles. The molecule has 3 rings (SSSR count). The van der Waals surface area contributed by atoms with E-state index in [4.69, 9.17) is 0 Å². The van der Waals surface area contributed by atoms with Gasteiger partial charge in [0.15, 0.2) is 0 Å². The number of amides is 1. The number of anilines is 3. The topological polar surface area (TPSA) is 47.6 Å². The largest absolute Gasteiger partial charge is 0.418 e. The van der Waals surface area contributed by atoms with Gasteiger partial charge < -0.3 is 20.4 Å². The number of alkyl halides is 3. The SMILES string of the molecule is CN(C)CCCC(=O)NCc1ccc(Nc2ccc(N3CCCCC3)c(C(F)(F)F)c2)cc1. The Kier molecular flexibility index (Phi) is 8.61. The van der Waals surface area contributed by atoms with Crippen LogP contribution in [0.15, 0.2) is 42.5 Å². The molecule has 0 bridgehead atoms. The first-order valence-electron chi connectivity index (χ1n) is 11.5. The fraction of sp³-hybridized carbons (Fsp3) is 0.480. The van der Waals surface area contributed by atoms with E-state index in [1.165, 1.54) is 6.07 Å². The maximum atomic E-state index is 13.8. The predicted molar refractivity (Wildman–Crippen MR) is 127 cm³/mol. The van der Waals surface area contributed by atoms with E-state index >= 15 is 0 Å². The number of nitrogens with zero attached hydrogens (tertiary/aromatic N) is 2. The van der Waals surface area contributed by atoms with Crippen molar-refractivity contribution in [3.63, 3.8) is 0 Å². The summed E-state index contributed by atoms with van der Waals surface area (Å²) in [6, 6.07) is 11.8. The Balaban J connectivity index is 1.60. The summed E-state index contributed by atoms with van der Waals surface area (Å²) in [6.45, 7) is 2.60. The van der Waals surface area contributed by atoms with Crippen LogP contribution in [-0.2, 0) is 17.5 Å². The third-order valence-electron chi connectivity index (χ3n) is 5.74.